The SMILES string of the molecule is Cc1sc2c(Br)c3ccccc3c(-c3cc(Br)c(O[C@H](Cc4ccccc4)C(=O)O)c(C4CCCC4)c3)c2c1C. The Kier molecular flexibility index (Phi) is 7.77. The molecule has 0 bridgehead atoms. The summed E-state index contributed by atoms with van der Waals surface area (Å²) in [6.45, 7) is 4.40. The van der Waals surface area contributed by atoms with Gasteiger partial charge in [0.1, 0.15) is 5.75 Å². The second-order valence-electron chi connectivity index (χ2n) is 10.7. The van der Waals surface area contributed by atoms with Crippen molar-refractivity contribution >= 4 is 70.0 Å². The number of hydrogen-bond donors (Lipinski definition) is 1. The molecule has 0 unspecified atom stereocenters. The van der Waals surface area contributed by atoms with E-state index in [-0.39, 0.29) is 0 Å². The van der Waals surface area contributed by atoms with Gasteiger partial charge < -0.3 is 9.84 Å². The lowest BCUT2D eigenvalue weighted by atomic mass is 9.89. The van der Waals surface area contributed by atoms with Crippen LogP contribution < -0.4 is 4.74 Å². The molecule has 6 rings (SSSR count). The number of halogens is 2. The summed E-state index contributed by atoms with van der Waals surface area (Å²) in [7, 11) is 0. The lowest BCUT2D eigenvalue weighted by Gasteiger charge is -2.23. The maximum Gasteiger partial charge on any atom is 0.345 e. The van der Waals surface area contributed by atoms with Crippen LogP contribution in [-0.4, -0.2) is 17.2 Å². The first-order valence-corrected chi connectivity index (χ1v) is 16.1. The molecule has 1 fully saturated rings. The molecule has 1 saturated carbocycles. The van der Waals surface area contributed by atoms with Gasteiger partial charge in [0, 0.05) is 21.2 Å². The highest BCUT2D eigenvalue weighted by Crippen LogP contribution is 2.50. The number of carbonyl (C=O) groups is 1. The number of rotatable bonds is 7. The standard InChI is InChI=1S/C34H30Br2O3S/c1-19-20(2)40-33-29(19)30(24-14-8-9-15-25(24)31(33)36)23-17-26(22-12-6-7-13-22)32(27(35)18-23)39-28(34(37)38)16-21-10-4-3-5-11-21/h3-5,8-11,14-15,17-18,22,28H,6-7,12-13,16H2,1-2H3,(H,37,38)/t28-/m1/s1. The number of thiophene rings is 1. The molecule has 0 radical (unpaired) electrons. The highest BCUT2D eigenvalue weighted by Gasteiger charge is 2.29. The number of aryl methyl sites for hydroxylation is 2. The summed E-state index contributed by atoms with van der Waals surface area (Å²) in [5.41, 5.74) is 5.70. The summed E-state index contributed by atoms with van der Waals surface area (Å²) in [4.78, 5) is 13.7. The first kappa shape index (κ1) is 27.5. The molecule has 3 nitrogen and oxygen atoms in total. The summed E-state index contributed by atoms with van der Waals surface area (Å²) >= 11 is 9.60. The zero-order chi connectivity index (χ0) is 28.0. The van der Waals surface area contributed by atoms with Crippen molar-refractivity contribution in [3.8, 4) is 16.9 Å². The van der Waals surface area contributed by atoms with E-state index in [2.05, 4.69) is 82.1 Å². The van der Waals surface area contributed by atoms with Gasteiger partial charge in [0.2, 0.25) is 0 Å². The molecule has 1 N–H and O–H groups in total. The molecule has 1 heterocycles. The molecule has 4 aromatic carbocycles. The Morgan fingerprint density at radius 2 is 1.68 bits per heavy atom. The van der Waals surface area contributed by atoms with Crippen LogP contribution in [0.2, 0.25) is 0 Å². The van der Waals surface area contributed by atoms with Gasteiger partial charge >= 0.3 is 5.97 Å². The van der Waals surface area contributed by atoms with Gasteiger partial charge in [0.15, 0.2) is 6.10 Å². The Labute approximate surface area is 255 Å². The van der Waals surface area contributed by atoms with E-state index < -0.39 is 12.1 Å². The van der Waals surface area contributed by atoms with Gasteiger partial charge in [0.05, 0.1) is 9.17 Å². The third-order valence-electron chi connectivity index (χ3n) is 8.22. The molecule has 0 saturated heterocycles. The second kappa shape index (κ2) is 11.3. The molecule has 1 aromatic heterocycles. The number of carboxylic acids is 1. The fourth-order valence-electron chi connectivity index (χ4n) is 6.11. The molecule has 6 heteroatoms. The van der Waals surface area contributed by atoms with Crippen molar-refractivity contribution in [2.45, 2.75) is 58.0 Å². The Morgan fingerprint density at radius 3 is 2.38 bits per heavy atom. The fourth-order valence-corrected chi connectivity index (χ4v) is 8.58. The average molecular weight is 678 g/mol. The summed E-state index contributed by atoms with van der Waals surface area (Å²) < 4.78 is 9.62. The lowest BCUT2D eigenvalue weighted by Crippen LogP contribution is -2.30. The number of aliphatic carboxylic acids is 1. The topological polar surface area (TPSA) is 46.5 Å². The van der Waals surface area contributed by atoms with Crippen LogP contribution in [0.25, 0.3) is 32.0 Å². The van der Waals surface area contributed by atoms with Crippen molar-refractivity contribution in [2.24, 2.45) is 0 Å². The molecule has 0 aliphatic heterocycles. The number of ether oxygens (including phenoxy) is 1. The minimum Gasteiger partial charge on any atom is -0.478 e. The van der Waals surface area contributed by atoms with E-state index >= 15 is 0 Å². The summed E-state index contributed by atoms with van der Waals surface area (Å²) in [6.07, 6.45) is 3.83. The van der Waals surface area contributed by atoms with Gasteiger partial charge in [0.25, 0.3) is 0 Å². The first-order chi connectivity index (χ1) is 19.3. The summed E-state index contributed by atoms with van der Waals surface area (Å²) in [6, 6.07) is 22.7. The molecular formula is C34H30Br2O3S. The Hall–Kier alpha value is -2.67. The third kappa shape index (κ3) is 4.99. The number of benzene rings is 4. The van der Waals surface area contributed by atoms with Gasteiger partial charge in [-0.3, -0.25) is 0 Å². The normalized spacial score (nSPS) is 14.7. The van der Waals surface area contributed by atoms with E-state index in [0.717, 1.165) is 38.5 Å². The smallest absolute Gasteiger partial charge is 0.345 e. The maximum absolute atomic E-state index is 12.4. The van der Waals surface area contributed by atoms with Crippen molar-refractivity contribution in [1.29, 1.82) is 0 Å². The third-order valence-corrected chi connectivity index (χ3v) is 11.1. The van der Waals surface area contributed by atoms with E-state index in [1.807, 2.05) is 41.7 Å². The zero-order valence-electron chi connectivity index (χ0n) is 22.5. The lowest BCUT2D eigenvalue weighted by molar-refractivity contribution is -0.145. The van der Waals surface area contributed by atoms with Gasteiger partial charge in [-0.2, -0.15) is 0 Å². The van der Waals surface area contributed by atoms with Crippen LogP contribution in [0.4, 0.5) is 0 Å². The predicted octanol–water partition coefficient (Wildman–Crippen LogP) is 10.6. The van der Waals surface area contributed by atoms with E-state index in [1.165, 1.54) is 49.7 Å². The van der Waals surface area contributed by atoms with Crippen LogP contribution in [0.1, 0.15) is 53.2 Å². The Balaban J connectivity index is 1.55. The molecule has 1 aliphatic carbocycles. The molecule has 1 atom stereocenters. The van der Waals surface area contributed by atoms with Crippen molar-refractivity contribution < 1.29 is 14.6 Å². The van der Waals surface area contributed by atoms with Crippen molar-refractivity contribution in [2.75, 3.05) is 0 Å². The van der Waals surface area contributed by atoms with E-state index in [9.17, 15) is 9.90 Å². The maximum atomic E-state index is 12.4. The van der Waals surface area contributed by atoms with Crippen molar-refractivity contribution in [1.82, 2.24) is 0 Å². The van der Waals surface area contributed by atoms with Gasteiger partial charge in [-0.1, -0.05) is 67.4 Å². The molecule has 0 spiro atoms. The van der Waals surface area contributed by atoms with Crippen molar-refractivity contribution in [3.05, 3.63) is 97.2 Å². The largest absolute Gasteiger partial charge is 0.478 e. The van der Waals surface area contributed by atoms with Crippen molar-refractivity contribution in [3.63, 3.8) is 0 Å². The molecule has 40 heavy (non-hydrogen) atoms. The van der Waals surface area contributed by atoms with Crippen LogP contribution in [0.3, 0.4) is 0 Å². The average Bonchev–Trinajstić information content (AvgIpc) is 3.59. The van der Waals surface area contributed by atoms with Crippen LogP contribution in [0.5, 0.6) is 5.75 Å². The van der Waals surface area contributed by atoms with Crippen LogP contribution >= 0.6 is 43.2 Å². The second-order valence-corrected chi connectivity index (χ2v) is 13.6. The Morgan fingerprint density at radius 1 is 1.00 bits per heavy atom. The van der Waals surface area contributed by atoms with Gasteiger partial charge in [-0.25, -0.2) is 4.79 Å². The number of carboxylic acid groups (broad SMARTS) is 1. The van der Waals surface area contributed by atoms with Crippen LogP contribution in [0.15, 0.2) is 75.7 Å². The summed E-state index contributed by atoms with van der Waals surface area (Å²) in [5.74, 6) is 0.0389. The van der Waals surface area contributed by atoms with Gasteiger partial charge in [-0.05, 0) is 115 Å². The minimum absolute atomic E-state index is 0.305. The van der Waals surface area contributed by atoms with Crippen LogP contribution in [0, 0.1) is 13.8 Å². The Bertz CT molecular complexity index is 1740. The molecule has 0 amide bonds. The van der Waals surface area contributed by atoms with Gasteiger partial charge in [-0.15, -0.1) is 11.3 Å². The quantitative estimate of drug-likeness (QED) is 0.186. The molecule has 204 valence electrons. The highest BCUT2D eigenvalue weighted by atomic mass is 79.9. The monoisotopic (exact) mass is 676 g/mol. The van der Waals surface area contributed by atoms with Crippen LogP contribution in [-0.2, 0) is 11.2 Å². The summed E-state index contributed by atoms with van der Waals surface area (Å²) in [5, 5.41) is 13.8. The number of hydrogen-bond acceptors (Lipinski definition) is 3. The molecule has 5 aromatic rings. The molecule has 1 aliphatic rings. The van der Waals surface area contributed by atoms with E-state index in [1.54, 1.807) is 0 Å². The molecular weight excluding hydrogens is 648 g/mol. The predicted molar refractivity (Wildman–Crippen MR) is 173 cm³/mol. The highest BCUT2D eigenvalue weighted by molar-refractivity contribution is 9.11. The van der Waals surface area contributed by atoms with E-state index in [0.29, 0.717) is 18.1 Å². The van der Waals surface area contributed by atoms with E-state index in [4.69, 9.17) is 4.74 Å². The number of fused-ring (bicyclic) bond motifs is 2. The fraction of sp³-hybridized carbons (Fsp3) is 0.265. The first-order valence-electron chi connectivity index (χ1n) is 13.7. The zero-order valence-corrected chi connectivity index (χ0v) is 26.5. The minimum atomic E-state index is -0.980.